The van der Waals surface area contributed by atoms with Gasteiger partial charge in [0.15, 0.2) is 6.23 Å². The SMILES string of the molecule is COc1ccc(OP(OCC2CC(O)C(n3ccc(N)nc3=O)O2)Oc2ccc(OC)cc2)cc1.FCF. The molecule has 1 aromatic heterocycles. The van der Waals surface area contributed by atoms with E-state index in [2.05, 4.69) is 4.98 Å². The summed E-state index contributed by atoms with van der Waals surface area (Å²) in [6.45, 7) is -1.69. The van der Waals surface area contributed by atoms with E-state index in [1.807, 2.05) is 0 Å². The molecule has 3 atom stereocenters. The molecule has 2 aromatic carbocycles. The van der Waals surface area contributed by atoms with E-state index in [-0.39, 0.29) is 18.8 Å². The number of alkyl halides is 2. The topological polar surface area (TPSA) is 137 Å². The lowest BCUT2D eigenvalue weighted by molar-refractivity contribution is -0.0507. The molecule has 206 valence electrons. The van der Waals surface area contributed by atoms with Gasteiger partial charge in [0, 0.05) is 12.6 Å². The Labute approximate surface area is 218 Å². The smallest absolute Gasteiger partial charge is 0.463 e. The van der Waals surface area contributed by atoms with Crippen LogP contribution < -0.4 is 29.9 Å². The van der Waals surface area contributed by atoms with Crippen molar-refractivity contribution in [1.82, 2.24) is 9.55 Å². The van der Waals surface area contributed by atoms with E-state index in [4.69, 9.17) is 33.5 Å². The zero-order chi connectivity index (χ0) is 27.5. The van der Waals surface area contributed by atoms with Crippen LogP contribution in [0.2, 0.25) is 0 Å². The van der Waals surface area contributed by atoms with E-state index < -0.39 is 39.7 Å². The van der Waals surface area contributed by atoms with Gasteiger partial charge in [-0.2, -0.15) is 4.98 Å². The van der Waals surface area contributed by atoms with Crippen LogP contribution in [0.25, 0.3) is 0 Å². The average molecular weight is 555 g/mol. The number of nitrogen functional groups attached to an aromatic ring is 1. The fraction of sp³-hybridized carbons (Fsp3) is 0.333. The van der Waals surface area contributed by atoms with Crippen molar-refractivity contribution in [3.05, 3.63) is 71.3 Å². The first kappa shape index (κ1) is 29.1. The Bertz CT molecular complexity index is 1140. The number of aliphatic hydroxyl groups excluding tert-OH is 1. The number of hydrogen-bond acceptors (Lipinski definition) is 10. The first-order valence-corrected chi connectivity index (χ1v) is 12.3. The van der Waals surface area contributed by atoms with Crippen LogP contribution in [0.1, 0.15) is 12.6 Å². The second kappa shape index (κ2) is 14.4. The molecular formula is C24H28F2N3O8P. The van der Waals surface area contributed by atoms with Crippen molar-refractivity contribution < 1.29 is 41.7 Å². The Kier molecular flexibility index (Phi) is 11.0. The number of benzene rings is 2. The summed E-state index contributed by atoms with van der Waals surface area (Å²) in [4.78, 5) is 15.8. The Morgan fingerprint density at radius 3 is 1.97 bits per heavy atom. The quantitative estimate of drug-likeness (QED) is 0.356. The number of ether oxygens (including phenoxy) is 3. The minimum Gasteiger partial charge on any atom is -0.497 e. The highest BCUT2D eigenvalue weighted by atomic mass is 31.2. The molecule has 4 rings (SSSR count). The number of halogens is 2. The highest BCUT2D eigenvalue weighted by molar-refractivity contribution is 7.42. The lowest BCUT2D eigenvalue weighted by atomic mass is 10.2. The largest absolute Gasteiger partial charge is 0.497 e. The summed E-state index contributed by atoms with van der Waals surface area (Å²) in [5.41, 5.74) is 4.93. The van der Waals surface area contributed by atoms with Gasteiger partial charge >= 0.3 is 14.3 Å². The fourth-order valence-electron chi connectivity index (χ4n) is 3.37. The molecule has 2 heterocycles. The van der Waals surface area contributed by atoms with Crippen molar-refractivity contribution in [3.8, 4) is 23.0 Å². The van der Waals surface area contributed by atoms with Crippen LogP contribution in [-0.2, 0) is 9.26 Å². The number of nitrogens with zero attached hydrogens (tertiary/aromatic N) is 2. The standard InChI is InChI=1S/C23H26N3O8P.CH2F2/c1-29-15-3-7-17(8-4-15)33-35(34-18-9-5-16(30-2)6-10-18)31-14-19-13-20(27)22(32-19)26-12-11-21(24)25-23(26)28;2-1-3/h3-12,19-20,22,27H,13-14H2,1-2H3,(H2,24,25,28);1H2. The molecular weight excluding hydrogens is 527 g/mol. The van der Waals surface area contributed by atoms with E-state index in [9.17, 15) is 18.7 Å². The molecule has 3 N–H and O–H groups in total. The van der Waals surface area contributed by atoms with Gasteiger partial charge in [-0.3, -0.25) is 9.09 Å². The number of aliphatic hydroxyl groups is 1. The van der Waals surface area contributed by atoms with Crippen LogP contribution in [0.5, 0.6) is 23.0 Å². The van der Waals surface area contributed by atoms with Crippen molar-refractivity contribution in [2.24, 2.45) is 0 Å². The Morgan fingerprint density at radius 1 is 1.00 bits per heavy atom. The summed E-state index contributed by atoms with van der Waals surface area (Å²) in [7, 11) is 1.27. The first-order chi connectivity index (χ1) is 18.4. The van der Waals surface area contributed by atoms with Crippen molar-refractivity contribution in [2.75, 3.05) is 33.5 Å². The molecule has 1 aliphatic rings. The second-order valence-electron chi connectivity index (χ2n) is 7.65. The van der Waals surface area contributed by atoms with Crippen molar-refractivity contribution in [1.29, 1.82) is 0 Å². The van der Waals surface area contributed by atoms with Gasteiger partial charge in [-0.15, -0.1) is 0 Å². The van der Waals surface area contributed by atoms with E-state index in [0.717, 1.165) is 0 Å². The van der Waals surface area contributed by atoms with Crippen molar-refractivity contribution in [3.63, 3.8) is 0 Å². The molecule has 3 aromatic rings. The average Bonchev–Trinajstić information content (AvgIpc) is 3.28. The lowest BCUT2D eigenvalue weighted by Gasteiger charge is -2.20. The molecule has 0 saturated carbocycles. The molecule has 3 unspecified atom stereocenters. The maximum Gasteiger partial charge on any atom is 0.463 e. The molecule has 1 fully saturated rings. The minimum atomic E-state index is -1.89. The highest BCUT2D eigenvalue weighted by Crippen LogP contribution is 2.43. The summed E-state index contributed by atoms with van der Waals surface area (Å²) >= 11 is 0. The maximum absolute atomic E-state index is 12.1. The number of rotatable bonds is 10. The summed E-state index contributed by atoms with van der Waals surface area (Å²) in [5, 5.41) is 10.5. The maximum atomic E-state index is 12.1. The molecule has 1 aliphatic heterocycles. The number of nitrogens with two attached hydrogens (primary N) is 1. The van der Waals surface area contributed by atoms with E-state index in [0.29, 0.717) is 23.0 Å². The van der Waals surface area contributed by atoms with Gasteiger partial charge in [0.1, 0.15) is 34.9 Å². The molecule has 1 saturated heterocycles. The third kappa shape index (κ3) is 8.25. The van der Waals surface area contributed by atoms with Gasteiger partial charge in [0.2, 0.25) is 6.93 Å². The monoisotopic (exact) mass is 555 g/mol. The summed E-state index contributed by atoms with van der Waals surface area (Å²) in [5.74, 6) is 2.51. The van der Waals surface area contributed by atoms with Gasteiger partial charge in [-0.05, 0) is 54.6 Å². The highest BCUT2D eigenvalue weighted by Gasteiger charge is 2.37. The van der Waals surface area contributed by atoms with Crippen LogP contribution in [0.3, 0.4) is 0 Å². The summed E-state index contributed by atoms with van der Waals surface area (Å²) in [6, 6.07) is 15.5. The molecule has 11 nitrogen and oxygen atoms in total. The van der Waals surface area contributed by atoms with Crippen molar-refractivity contribution >= 4 is 14.4 Å². The van der Waals surface area contributed by atoms with Gasteiger partial charge in [-0.1, -0.05) is 0 Å². The molecule has 0 amide bonds. The van der Waals surface area contributed by atoms with Gasteiger partial charge in [-0.25, -0.2) is 13.6 Å². The number of methoxy groups -OCH3 is 2. The van der Waals surface area contributed by atoms with E-state index >= 15 is 0 Å². The lowest BCUT2D eigenvalue weighted by Crippen LogP contribution is -2.31. The molecule has 0 radical (unpaired) electrons. The molecule has 0 bridgehead atoms. The molecule has 0 spiro atoms. The van der Waals surface area contributed by atoms with Crippen molar-refractivity contribution in [2.45, 2.75) is 24.9 Å². The Balaban J connectivity index is 0.00000127. The molecule has 38 heavy (non-hydrogen) atoms. The summed E-state index contributed by atoms with van der Waals surface area (Å²) < 4.78 is 54.5. The van der Waals surface area contributed by atoms with Gasteiger partial charge < -0.3 is 34.1 Å². The van der Waals surface area contributed by atoms with Crippen LogP contribution in [0, 0.1) is 0 Å². The third-order valence-electron chi connectivity index (χ3n) is 5.14. The van der Waals surface area contributed by atoms with Crippen LogP contribution in [0.4, 0.5) is 14.6 Å². The predicted octanol–water partition coefficient (Wildman–Crippen LogP) is 3.78. The summed E-state index contributed by atoms with van der Waals surface area (Å²) in [6.07, 6.45) is -0.656. The first-order valence-electron chi connectivity index (χ1n) is 11.2. The van der Waals surface area contributed by atoms with Gasteiger partial charge in [0.05, 0.1) is 26.9 Å². The number of hydrogen-bond donors (Lipinski definition) is 2. The number of aromatic nitrogens is 2. The number of anilines is 1. The zero-order valence-corrected chi connectivity index (χ0v) is 21.5. The molecule has 0 aliphatic carbocycles. The van der Waals surface area contributed by atoms with Crippen LogP contribution in [0.15, 0.2) is 65.6 Å². The zero-order valence-electron chi connectivity index (χ0n) is 20.6. The molecule has 14 heteroatoms. The normalized spacial score (nSPS) is 18.4. The fourth-order valence-corrected chi connectivity index (χ4v) is 4.39. The minimum absolute atomic E-state index is 0.0583. The Morgan fingerprint density at radius 2 is 1.50 bits per heavy atom. The third-order valence-corrected chi connectivity index (χ3v) is 6.22. The van der Waals surface area contributed by atoms with E-state index in [1.54, 1.807) is 62.8 Å². The Hall–Kier alpha value is -3.51. The van der Waals surface area contributed by atoms with Crippen LogP contribution >= 0.6 is 8.60 Å². The van der Waals surface area contributed by atoms with E-state index in [1.165, 1.54) is 16.8 Å². The predicted molar refractivity (Wildman–Crippen MR) is 135 cm³/mol. The van der Waals surface area contributed by atoms with Crippen LogP contribution in [-0.4, -0.2) is 54.6 Å². The van der Waals surface area contributed by atoms with Gasteiger partial charge in [0.25, 0.3) is 0 Å². The second-order valence-corrected chi connectivity index (χ2v) is 8.72.